The summed E-state index contributed by atoms with van der Waals surface area (Å²) in [5, 5.41) is 4.16. The summed E-state index contributed by atoms with van der Waals surface area (Å²) >= 11 is 17.5. The normalized spacial score (nSPS) is 21.4. The van der Waals surface area contributed by atoms with Crippen molar-refractivity contribution in [2.75, 3.05) is 0 Å². The number of carbonyl (C=O) groups is 1. The first-order chi connectivity index (χ1) is 10.3. The first-order valence-electron chi connectivity index (χ1n) is 6.81. The van der Waals surface area contributed by atoms with Gasteiger partial charge in [-0.05, 0) is 44.6 Å². The van der Waals surface area contributed by atoms with Crippen molar-refractivity contribution in [2.45, 2.75) is 32.9 Å². The third kappa shape index (κ3) is 3.59. The van der Waals surface area contributed by atoms with Gasteiger partial charge in [0.25, 0.3) is 0 Å². The van der Waals surface area contributed by atoms with Gasteiger partial charge in [-0.25, -0.2) is 4.99 Å². The second-order valence-corrected chi connectivity index (χ2v) is 6.46. The minimum atomic E-state index is -0.606. The summed E-state index contributed by atoms with van der Waals surface area (Å²) in [7, 11) is 0. The fraction of sp³-hybridized carbons (Fsp3) is 0.400. The number of nitrogens with zero attached hydrogens (tertiary/aromatic N) is 1. The van der Waals surface area contributed by atoms with Gasteiger partial charge in [-0.2, -0.15) is 0 Å². The van der Waals surface area contributed by atoms with Crippen molar-refractivity contribution < 1.29 is 9.53 Å². The fourth-order valence-corrected chi connectivity index (χ4v) is 3.05. The van der Waals surface area contributed by atoms with Crippen LogP contribution in [0.1, 0.15) is 32.4 Å². The van der Waals surface area contributed by atoms with E-state index in [1.165, 1.54) is 0 Å². The summed E-state index contributed by atoms with van der Waals surface area (Å²) in [5.74, 6) is -0.975. The number of rotatable bonds is 3. The number of benzene rings is 1. The van der Waals surface area contributed by atoms with Crippen molar-refractivity contribution in [3.05, 3.63) is 33.8 Å². The van der Waals surface area contributed by atoms with Crippen LogP contribution in [-0.2, 0) is 9.53 Å². The van der Waals surface area contributed by atoms with Crippen LogP contribution < -0.4 is 5.32 Å². The molecule has 0 saturated carbocycles. The van der Waals surface area contributed by atoms with E-state index in [0.29, 0.717) is 26.4 Å². The van der Waals surface area contributed by atoms with Gasteiger partial charge >= 0.3 is 5.97 Å². The number of halogens is 2. The number of nitrogens with one attached hydrogen (secondary N) is 1. The number of ether oxygens (including phenoxy) is 1. The van der Waals surface area contributed by atoms with Crippen LogP contribution in [0.3, 0.4) is 0 Å². The van der Waals surface area contributed by atoms with E-state index in [0.717, 1.165) is 0 Å². The average molecular weight is 359 g/mol. The van der Waals surface area contributed by atoms with Crippen LogP contribution in [0.5, 0.6) is 0 Å². The van der Waals surface area contributed by atoms with E-state index in [4.69, 9.17) is 40.2 Å². The maximum Gasteiger partial charge on any atom is 0.317 e. The summed E-state index contributed by atoms with van der Waals surface area (Å²) in [6.07, 6.45) is -0.218. The molecule has 1 N–H and O–H groups in total. The Bertz CT molecular complexity index is 646. The van der Waals surface area contributed by atoms with Crippen LogP contribution >= 0.6 is 35.4 Å². The van der Waals surface area contributed by atoms with E-state index in [2.05, 4.69) is 10.3 Å². The lowest BCUT2D eigenvalue weighted by Crippen LogP contribution is -2.44. The Kier molecular flexibility index (Phi) is 5.42. The van der Waals surface area contributed by atoms with Gasteiger partial charge in [0, 0.05) is 5.71 Å². The SMILES string of the molecule is CC1=NC(=S)NC(c2cccc(Cl)c2Cl)C1C(=O)OC(C)C. The molecule has 1 aliphatic heterocycles. The Hall–Kier alpha value is -1.17. The summed E-state index contributed by atoms with van der Waals surface area (Å²) in [6.45, 7) is 5.35. The van der Waals surface area contributed by atoms with Crippen molar-refractivity contribution in [3.63, 3.8) is 0 Å². The second kappa shape index (κ2) is 6.94. The van der Waals surface area contributed by atoms with E-state index in [1.807, 2.05) is 6.07 Å². The standard InChI is InChI=1S/C15H16Cl2N2O2S/c1-7(2)21-14(20)11-8(3)18-15(22)19-13(11)9-5-4-6-10(16)12(9)17/h4-7,11,13H,1-3H3,(H,19,22). The zero-order valence-corrected chi connectivity index (χ0v) is 14.7. The van der Waals surface area contributed by atoms with Crippen LogP contribution in [0.25, 0.3) is 0 Å². The van der Waals surface area contributed by atoms with E-state index >= 15 is 0 Å². The van der Waals surface area contributed by atoms with Gasteiger partial charge < -0.3 is 10.1 Å². The van der Waals surface area contributed by atoms with Gasteiger partial charge in [0.15, 0.2) is 5.11 Å². The molecule has 1 heterocycles. The highest BCUT2D eigenvalue weighted by Crippen LogP contribution is 2.36. The van der Waals surface area contributed by atoms with Crippen LogP contribution in [0.2, 0.25) is 10.0 Å². The molecule has 2 atom stereocenters. The summed E-state index contributed by atoms with van der Waals surface area (Å²) in [4.78, 5) is 16.6. The molecular formula is C15H16Cl2N2O2S. The lowest BCUT2D eigenvalue weighted by molar-refractivity contribution is -0.150. The zero-order valence-electron chi connectivity index (χ0n) is 12.4. The van der Waals surface area contributed by atoms with Crippen molar-refractivity contribution >= 4 is 52.2 Å². The molecule has 0 radical (unpaired) electrons. The quantitative estimate of drug-likeness (QED) is 0.656. The molecule has 7 heteroatoms. The first kappa shape index (κ1) is 17.2. The maximum absolute atomic E-state index is 12.4. The number of esters is 1. The van der Waals surface area contributed by atoms with E-state index in [9.17, 15) is 4.79 Å². The van der Waals surface area contributed by atoms with Gasteiger partial charge in [0.05, 0.1) is 22.2 Å². The molecule has 1 aromatic rings. The van der Waals surface area contributed by atoms with Gasteiger partial charge in [-0.1, -0.05) is 35.3 Å². The van der Waals surface area contributed by atoms with Crippen LogP contribution in [0, 0.1) is 5.92 Å². The fourth-order valence-electron chi connectivity index (χ4n) is 2.35. The Labute approximate surface area is 144 Å². The van der Waals surface area contributed by atoms with E-state index < -0.39 is 12.0 Å². The molecule has 4 nitrogen and oxygen atoms in total. The number of aliphatic imine (C=N–C) groups is 1. The average Bonchev–Trinajstić information content (AvgIpc) is 2.39. The predicted octanol–water partition coefficient (Wildman–Crippen LogP) is 3.95. The molecule has 0 spiro atoms. The third-order valence-electron chi connectivity index (χ3n) is 3.26. The van der Waals surface area contributed by atoms with Gasteiger partial charge in [0.1, 0.15) is 5.92 Å². The minimum Gasteiger partial charge on any atom is -0.462 e. The Morgan fingerprint density at radius 1 is 1.41 bits per heavy atom. The first-order valence-corrected chi connectivity index (χ1v) is 7.97. The Morgan fingerprint density at radius 2 is 2.09 bits per heavy atom. The van der Waals surface area contributed by atoms with Crippen LogP contribution in [0.15, 0.2) is 23.2 Å². The molecule has 118 valence electrons. The van der Waals surface area contributed by atoms with Crippen molar-refractivity contribution in [2.24, 2.45) is 10.9 Å². The minimum absolute atomic E-state index is 0.218. The molecular weight excluding hydrogens is 343 g/mol. The highest BCUT2D eigenvalue weighted by molar-refractivity contribution is 7.80. The molecule has 0 bridgehead atoms. The molecule has 0 fully saturated rings. The number of carbonyl (C=O) groups excluding carboxylic acids is 1. The highest BCUT2D eigenvalue weighted by Gasteiger charge is 2.38. The lowest BCUT2D eigenvalue weighted by Gasteiger charge is -2.32. The molecule has 0 aliphatic carbocycles. The maximum atomic E-state index is 12.4. The van der Waals surface area contributed by atoms with Crippen molar-refractivity contribution in [3.8, 4) is 0 Å². The zero-order chi connectivity index (χ0) is 16.4. The largest absolute Gasteiger partial charge is 0.462 e. The number of hydrogen-bond acceptors (Lipinski definition) is 3. The molecule has 2 unspecified atom stereocenters. The molecule has 1 aromatic carbocycles. The molecule has 0 aromatic heterocycles. The summed E-state index contributed by atoms with van der Waals surface area (Å²) in [5.41, 5.74) is 1.28. The van der Waals surface area contributed by atoms with Crippen molar-refractivity contribution in [1.29, 1.82) is 0 Å². The predicted molar refractivity (Wildman–Crippen MR) is 92.8 cm³/mol. The molecule has 1 aliphatic rings. The Morgan fingerprint density at radius 3 is 2.73 bits per heavy atom. The second-order valence-electron chi connectivity index (χ2n) is 5.29. The molecule has 0 amide bonds. The highest BCUT2D eigenvalue weighted by atomic mass is 35.5. The Balaban J connectivity index is 2.46. The molecule has 0 saturated heterocycles. The summed E-state index contributed by atoms with van der Waals surface area (Å²) < 4.78 is 5.34. The lowest BCUT2D eigenvalue weighted by atomic mass is 9.88. The van der Waals surface area contributed by atoms with Gasteiger partial charge in [0.2, 0.25) is 0 Å². The van der Waals surface area contributed by atoms with Crippen molar-refractivity contribution in [1.82, 2.24) is 5.32 Å². The van der Waals surface area contributed by atoms with E-state index in [1.54, 1.807) is 32.9 Å². The van der Waals surface area contributed by atoms with Crippen LogP contribution in [0.4, 0.5) is 0 Å². The van der Waals surface area contributed by atoms with Crippen LogP contribution in [-0.4, -0.2) is 22.9 Å². The van der Waals surface area contributed by atoms with Gasteiger partial charge in [-0.3, -0.25) is 4.79 Å². The summed E-state index contributed by atoms with van der Waals surface area (Å²) in [6, 6.07) is 4.82. The van der Waals surface area contributed by atoms with Gasteiger partial charge in [-0.15, -0.1) is 0 Å². The number of hydrogen-bond donors (Lipinski definition) is 1. The molecule has 22 heavy (non-hydrogen) atoms. The van der Waals surface area contributed by atoms with E-state index in [-0.39, 0.29) is 12.1 Å². The number of thiocarbonyl (C=S) groups is 1. The third-order valence-corrected chi connectivity index (χ3v) is 4.31. The monoisotopic (exact) mass is 358 g/mol. The molecule has 2 rings (SSSR count). The topological polar surface area (TPSA) is 50.7 Å². The smallest absolute Gasteiger partial charge is 0.317 e.